The number of hydrogen-bond donors (Lipinski definition) is 3. The smallest absolute Gasteiger partial charge is 0.376 e. The van der Waals surface area contributed by atoms with Crippen LogP contribution in [0.5, 0.6) is 0 Å². The summed E-state index contributed by atoms with van der Waals surface area (Å²) in [7, 11) is 0. The fourth-order valence-corrected chi connectivity index (χ4v) is 4.70. The monoisotopic (exact) mass is 584 g/mol. The third-order valence-corrected chi connectivity index (χ3v) is 6.31. The number of aliphatic hydroxyl groups excluding tert-OH is 1. The number of nitrogens with zero attached hydrogens (tertiary/aromatic N) is 2. The van der Waals surface area contributed by atoms with E-state index in [0.29, 0.717) is 6.07 Å². The Morgan fingerprint density at radius 1 is 1.02 bits per heavy atom. The molecular formula is C27H23ClF6N4O2. The van der Waals surface area contributed by atoms with Crippen molar-refractivity contribution in [1.29, 1.82) is 0 Å². The number of hydrogen-bond acceptors (Lipinski definition) is 4. The van der Waals surface area contributed by atoms with Crippen molar-refractivity contribution in [3.63, 3.8) is 0 Å². The number of benzene rings is 3. The molecule has 1 heterocycles. The van der Waals surface area contributed by atoms with Crippen LogP contribution in [-0.4, -0.2) is 32.3 Å². The summed E-state index contributed by atoms with van der Waals surface area (Å²) in [5.74, 6) is -4.81. The van der Waals surface area contributed by atoms with Gasteiger partial charge in [-0.15, -0.1) is 0 Å². The van der Waals surface area contributed by atoms with E-state index in [-0.39, 0.29) is 27.7 Å². The second-order valence-electron chi connectivity index (χ2n) is 10.1. The molecule has 0 fully saturated rings. The standard InChI is InChI=1S/C27H23ClF6N4O2/c1-26(2,3)37-25(40)21(16-11-14(29)4-5-17(16)28)38-22-19(7-6-18(31)20(22)23(35)39)36-24(38)12-8-13(27(32,33)34)10-15(30)9-12/h4-11,21,25,37,40H,1-3H3,(H2,35,39). The molecule has 0 bridgehead atoms. The Hall–Kier alpha value is -3.61. The zero-order valence-corrected chi connectivity index (χ0v) is 22.0. The van der Waals surface area contributed by atoms with Crippen LogP contribution in [0.1, 0.15) is 48.3 Å². The van der Waals surface area contributed by atoms with Crippen LogP contribution >= 0.6 is 11.6 Å². The van der Waals surface area contributed by atoms with Crippen LogP contribution in [0.2, 0.25) is 5.02 Å². The van der Waals surface area contributed by atoms with E-state index in [1.807, 2.05) is 0 Å². The first-order valence-electron chi connectivity index (χ1n) is 11.8. The lowest BCUT2D eigenvalue weighted by Crippen LogP contribution is -2.48. The van der Waals surface area contributed by atoms with Gasteiger partial charge in [0, 0.05) is 21.7 Å². The van der Waals surface area contributed by atoms with Gasteiger partial charge >= 0.3 is 6.18 Å². The van der Waals surface area contributed by atoms with Gasteiger partial charge in [-0.2, -0.15) is 13.2 Å². The predicted molar refractivity (Wildman–Crippen MR) is 137 cm³/mol. The number of halogens is 7. The number of rotatable bonds is 6. The molecule has 4 rings (SSSR count). The Labute approximate surface area is 229 Å². The lowest BCUT2D eigenvalue weighted by atomic mass is 10.00. The van der Waals surface area contributed by atoms with Crippen molar-refractivity contribution in [3.05, 3.63) is 87.7 Å². The van der Waals surface area contributed by atoms with Gasteiger partial charge in [0.25, 0.3) is 5.91 Å². The number of nitrogens with one attached hydrogen (secondary N) is 1. The number of aliphatic hydroxyl groups is 1. The van der Waals surface area contributed by atoms with Crippen LogP contribution < -0.4 is 11.1 Å². The van der Waals surface area contributed by atoms with Crippen LogP contribution in [0.3, 0.4) is 0 Å². The summed E-state index contributed by atoms with van der Waals surface area (Å²) in [5.41, 5.74) is 1.64. The molecule has 2 atom stereocenters. The normalized spacial score (nSPS) is 14.0. The lowest BCUT2D eigenvalue weighted by molar-refractivity contribution is -0.137. The number of fused-ring (bicyclic) bond motifs is 1. The van der Waals surface area contributed by atoms with Crippen LogP contribution in [0, 0.1) is 17.5 Å². The average Bonchev–Trinajstić information content (AvgIpc) is 3.18. The number of nitrogens with two attached hydrogens (primary N) is 1. The summed E-state index contributed by atoms with van der Waals surface area (Å²) in [6.07, 6.45) is -6.63. The van der Waals surface area contributed by atoms with E-state index in [1.54, 1.807) is 20.8 Å². The summed E-state index contributed by atoms with van der Waals surface area (Å²) >= 11 is 6.40. The summed E-state index contributed by atoms with van der Waals surface area (Å²) in [5, 5.41) is 14.2. The molecule has 212 valence electrons. The molecule has 0 aliphatic carbocycles. The van der Waals surface area contributed by atoms with Crippen molar-refractivity contribution in [1.82, 2.24) is 14.9 Å². The third-order valence-electron chi connectivity index (χ3n) is 5.97. The summed E-state index contributed by atoms with van der Waals surface area (Å²) in [6, 6.07) is 5.29. The highest BCUT2D eigenvalue weighted by Crippen LogP contribution is 2.40. The van der Waals surface area contributed by atoms with Gasteiger partial charge < -0.3 is 15.4 Å². The van der Waals surface area contributed by atoms with E-state index in [4.69, 9.17) is 17.3 Å². The van der Waals surface area contributed by atoms with Crippen molar-refractivity contribution in [2.75, 3.05) is 0 Å². The van der Waals surface area contributed by atoms with E-state index in [9.17, 15) is 31.9 Å². The van der Waals surface area contributed by atoms with Gasteiger partial charge in [-0.05, 0) is 69.3 Å². The first-order chi connectivity index (χ1) is 18.5. The zero-order chi connectivity index (χ0) is 29.7. The first-order valence-corrected chi connectivity index (χ1v) is 12.1. The van der Waals surface area contributed by atoms with Crippen LogP contribution in [0.4, 0.5) is 26.3 Å². The molecular weight excluding hydrogens is 562 g/mol. The van der Waals surface area contributed by atoms with Gasteiger partial charge in [0.15, 0.2) is 0 Å². The highest BCUT2D eigenvalue weighted by atomic mass is 35.5. The van der Waals surface area contributed by atoms with Crippen molar-refractivity contribution in [2.45, 2.75) is 44.8 Å². The predicted octanol–water partition coefficient (Wildman–Crippen LogP) is 6.19. The minimum atomic E-state index is -4.95. The summed E-state index contributed by atoms with van der Waals surface area (Å²) < 4.78 is 85.9. The van der Waals surface area contributed by atoms with Crippen molar-refractivity contribution < 1.29 is 36.2 Å². The minimum Gasteiger partial charge on any atom is -0.376 e. The summed E-state index contributed by atoms with van der Waals surface area (Å²) in [4.78, 5) is 16.7. The largest absolute Gasteiger partial charge is 0.416 e. The number of carbonyl (C=O) groups excluding carboxylic acids is 1. The SMILES string of the molecule is CC(C)(C)NC(O)C(c1cc(F)ccc1Cl)n1c(-c2cc(F)cc(C(F)(F)F)c2)nc2ccc(F)c(C(N)=O)c21. The van der Waals surface area contributed by atoms with E-state index >= 15 is 4.39 Å². The molecule has 2 unspecified atom stereocenters. The number of alkyl halides is 3. The third kappa shape index (κ3) is 5.79. The Kier molecular flexibility index (Phi) is 7.65. The van der Waals surface area contributed by atoms with Crippen LogP contribution in [0.15, 0.2) is 48.5 Å². The highest BCUT2D eigenvalue weighted by Gasteiger charge is 2.36. The topological polar surface area (TPSA) is 93.2 Å². The van der Waals surface area contributed by atoms with Gasteiger partial charge in [-0.1, -0.05) is 11.6 Å². The van der Waals surface area contributed by atoms with Gasteiger partial charge in [0.1, 0.15) is 41.1 Å². The lowest BCUT2D eigenvalue weighted by Gasteiger charge is -2.33. The zero-order valence-electron chi connectivity index (χ0n) is 21.2. The fraction of sp³-hybridized carbons (Fsp3) is 0.259. The van der Waals surface area contributed by atoms with Gasteiger partial charge in [-0.3, -0.25) is 10.1 Å². The fourth-order valence-electron chi connectivity index (χ4n) is 4.47. The molecule has 1 amide bonds. The number of imidazole rings is 1. The molecule has 4 aromatic rings. The maximum absolute atomic E-state index is 15.0. The van der Waals surface area contributed by atoms with Crippen molar-refractivity contribution >= 4 is 28.5 Å². The molecule has 13 heteroatoms. The van der Waals surface area contributed by atoms with Gasteiger partial charge in [-0.25, -0.2) is 18.2 Å². The second kappa shape index (κ2) is 10.4. The molecule has 0 saturated carbocycles. The number of amides is 1. The molecule has 0 radical (unpaired) electrons. The van der Waals surface area contributed by atoms with E-state index in [0.717, 1.165) is 34.9 Å². The average molecular weight is 585 g/mol. The van der Waals surface area contributed by atoms with E-state index in [2.05, 4.69) is 10.3 Å². The molecule has 4 N–H and O–H groups in total. The van der Waals surface area contributed by atoms with Gasteiger partial charge in [0.2, 0.25) is 0 Å². The Morgan fingerprint density at radius 2 is 1.70 bits per heavy atom. The molecule has 6 nitrogen and oxygen atoms in total. The second-order valence-corrected chi connectivity index (χ2v) is 10.5. The van der Waals surface area contributed by atoms with Crippen LogP contribution in [-0.2, 0) is 6.18 Å². The highest BCUT2D eigenvalue weighted by molar-refractivity contribution is 6.31. The van der Waals surface area contributed by atoms with Gasteiger partial charge in [0.05, 0.1) is 16.6 Å². The number of aromatic nitrogens is 2. The molecule has 3 aromatic carbocycles. The number of primary amides is 1. The molecule has 0 aliphatic rings. The minimum absolute atomic E-state index is 0.0822. The number of carbonyl (C=O) groups is 1. The Bertz CT molecular complexity index is 1610. The molecule has 1 aromatic heterocycles. The molecule has 40 heavy (non-hydrogen) atoms. The molecule has 0 aliphatic heterocycles. The first kappa shape index (κ1) is 29.4. The Morgan fingerprint density at radius 3 is 2.30 bits per heavy atom. The summed E-state index contributed by atoms with van der Waals surface area (Å²) in [6.45, 7) is 5.05. The maximum Gasteiger partial charge on any atom is 0.416 e. The maximum atomic E-state index is 15.0. The van der Waals surface area contributed by atoms with Crippen LogP contribution in [0.25, 0.3) is 22.4 Å². The van der Waals surface area contributed by atoms with E-state index in [1.165, 1.54) is 6.07 Å². The van der Waals surface area contributed by atoms with E-state index < -0.39 is 69.9 Å². The quantitative estimate of drug-likeness (QED) is 0.186. The van der Waals surface area contributed by atoms with Crippen molar-refractivity contribution in [2.24, 2.45) is 5.73 Å². The molecule has 0 saturated heterocycles. The van der Waals surface area contributed by atoms with Crippen molar-refractivity contribution in [3.8, 4) is 11.4 Å². The molecule has 0 spiro atoms. The Balaban J connectivity index is 2.20.